The van der Waals surface area contributed by atoms with Crippen LogP contribution in [0.1, 0.15) is 16.3 Å². The topological polar surface area (TPSA) is 22.0 Å². The first-order valence-corrected chi connectivity index (χ1v) is 6.65. The van der Waals surface area contributed by atoms with Gasteiger partial charge in [-0.25, -0.2) is 0 Å². The molecule has 0 N–H and O–H groups in total. The van der Waals surface area contributed by atoms with Crippen molar-refractivity contribution >= 4 is 27.3 Å². The number of nitrogens with zero attached hydrogens (tertiary/aromatic N) is 1. The van der Waals surface area contributed by atoms with Crippen molar-refractivity contribution in [2.24, 2.45) is 0 Å². The summed E-state index contributed by atoms with van der Waals surface area (Å²) in [5.74, 6) is 0. The molecule has 0 saturated carbocycles. The van der Waals surface area contributed by atoms with Gasteiger partial charge in [-0.1, -0.05) is 0 Å². The SMILES string of the molecule is Cc1cc(=O)cc(C)n1Cc1sccc1Br. The van der Waals surface area contributed by atoms with Gasteiger partial charge in [-0.2, -0.15) is 0 Å². The first kappa shape index (κ1) is 11.6. The van der Waals surface area contributed by atoms with Crippen LogP contribution in [0.5, 0.6) is 0 Å². The molecular formula is C12H12BrNOS. The van der Waals surface area contributed by atoms with E-state index in [1.54, 1.807) is 23.5 Å². The Morgan fingerprint density at radius 3 is 2.44 bits per heavy atom. The van der Waals surface area contributed by atoms with Crippen LogP contribution >= 0.6 is 27.3 Å². The second-order valence-corrected chi connectivity index (χ2v) is 5.61. The lowest BCUT2D eigenvalue weighted by molar-refractivity contribution is 0.735. The van der Waals surface area contributed by atoms with E-state index in [9.17, 15) is 4.79 Å². The van der Waals surface area contributed by atoms with Gasteiger partial charge in [0.1, 0.15) is 0 Å². The molecule has 0 radical (unpaired) electrons. The fraction of sp³-hybridized carbons (Fsp3) is 0.250. The molecule has 0 atom stereocenters. The molecule has 2 aromatic rings. The third-order valence-electron chi connectivity index (χ3n) is 2.55. The lowest BCUT2D eigenvalue weighted by Gasteiger charge is -2.13. The first-order valence-electron chi connectivity index (χ1n) is 4.98. The van der Waals surface area contributed by atoms with E-state index in [0.29, 0.717) is 0 Å². The number of aromatic nitrogens is 1. The van der Waals surface area contributed by atoms with Crippen LogP contribution in [0.4, 0.5) is 0 Å². The normalized spacial score (nSPS) is 10.7. The van der Waals surface area contributed by atoms with Crippen LogP contribution in [0.15, 0.2) is 32.8 Å². The third kappa shape index (κ3) is 2.28. The van der Waals surface area contributed by atoms with Crippen molar-refractivity contribution < 1.29 is 0 Å². The fourth-order valence-electron chi connectivity index (χ4n) is 1.72. The Hall–Kier alpha value is -0.870. The van der Waals surface area contributed by atoms with E-state index in [1.165, 1.54) is 4.88 Å². The van der Waals surface area contributed by atoms with Gasteiger partial charge in [0, 0.05) is 32.9 Å². The summed E-state index contributed by atoms with van der Waals surface area (Å²) in [6.45, 7) is 4.75. The molecule has 0 aliphatic carbocycles. The van der Waals surface area contributed by atoms with E-state index < -0.39 is 0 Å². The molecule has 4 heteroatoms. The molecule has 0 fully saturated rings. The van der Waals surface area contributed by atoms with Gasteiger partial charge in [0.15, 0.2) is 5.43 Å². The molecule has 0 saturated heterocycles. The van der Waals surface area contributed by atoms with Crippen LogP contribution in [0, 0.1) is 13.8 Å². The summed E-state index contributed by atoms with van der Waals surface area (Å²) in [5, 5.41) is 2.06. The van der Waals surface area contributed by atoms with Crippen molar-refractivity contribution in [1.82, 2.24) is 4.57 Å². The standard InChI is InChI=1S/C12H12BrNOS/c1-8-5-10(15)6-9(2)14(8)7-12-11(13)3-4-16-12/h3-6H,7H2,1-2H3. The maximum atomic E-state index is 11.3. The van der Waals surface area contributed by atoms with E-state index in [4.69, 9.17) is 0 Å². The van der Waals surface area contributed by atoms with E-state index in [1.807, 2.05) is 19.9 Å². The first-order chi connectivity index (χ1) is 7.58. The Kier molecular flexibility index (Phi) is 3.30. The third-order valence-corrected chi connectivity index (χ3v) is 4.46. The van der Waals surface area contributed by atoms with Gasteiger partial charge in [0.25, 0.3) is 0 Å². The average Bonchev–Trinajstić information content (AvgIpc) is 2.57. The number of hydrogen-bond donors (Lipinski definition) is 0. The number of rotatable bonds is 2. The van der Waals surface area contributed by atoms with Crippen molar-refractivity contribution in [3.63, 3.8) is 0 Å². The molecule has 0 spiro atoms. The largest absolute Gasteiger partial charge is 0.344 e. The molecule has 0 aromatic carbocycles. The minimum atomic E-state index is 0.0801. The van der Waals surface area contributed by atoms with E-state index in [2.05, 4.69) is 25.9 Å². The zero-order chi connectivity index (χ0) is 11.7. The van der Waals surface area contributed by atoms with Crippen molar-refractivity contribution in [1.29, 1.82) is 0 Å². The van der Waals surface area contributed by atoms with E-state index >= 15 is 0 Å². The maximum Gasteiger partial charge on any atom is 0.182 e. The summed E-state index contributed by atoms with van der Waals surface area (Å²) in [4.78, 5) is 12.6. The predicted octanol–water partition coefficient (Wildman–Crippen LogP) is 3.34. The van der Waals surface area contributed by atoms with Gasteiger partial charge >= 0.3 is 0 Å². The van der Waals surface area contributed by atoms with Crippen LogP contribution in [0.25, 0.3) is 0 Å². The number of hydrogen-bond acceptors (Lipinski definition) is 2. The van der Waals surface area contributed by atoms with Crippen LogP contribution in [-0.4, -0.2) is 4.57 Å². The number of thiophene rings is 1. The molecule has 2 nitrogen and oxygen atoms in total. The van der Waals surface area contributed by atoms with Gasteiger partial charge in [0.05, 0.1) is 6.54 Å². The molecule has 16 heavy (non-hydrogen) atoms. The zero-order valence-corrected chi connectivity index (χ0v) is 11.6. The molecule has 2 aromatic heterocycles. The minimum Gasteiger partial charge on any atom is -0.344 e. The average molecular weight is 298 g/mol. The molecular weight excluding hydrogens is 286 g/mol. The Morgan fingerprint density at radius 2 is 1.94 bits per heavy atom. The monoisotopic (exact) mass is 297 g/mol. The van der Waals surface area contributed by atoms with Crippen molar-refractivity contribution in [2.45, 2.75) is 20.4 Å². The minimum absolute atomic E-state index is 0.0801. The van der Waals surface area contributed by atoms with Gasteiger partial charge in [0.2, 0.25) is 0 Å². The smallest absolute Gasteiger partial charge is 0.182 e. The predicted molar refractivity (Wildman–Crippen MR) is 71.3 cm³/mol. The highest BCUT2D eigenvalue weighted by atomic mass is 79.9. The summed E-state index contributed by atoms with van der Waals surface area (Å²) in [6, 6.07) is 5.40. The van der Waals surface area contributed by atoms with Gasteiger partial charge in [-0.3, -0.25) is 4.79 Å². The number of pyridine rings is 1. The van der Waals surface area contributed by atoms with Gasteiger partial charge < -0.3 is 4.57 Å². The maximum absolute atomic E-state index is 11.3. The molecule has 0 aliphatic heterocycles. The molecule has 0 unspecified atom stereocenters. The van der Waals surface area contributed by atoms with Crippen molar-refractivity contribution in [3.05, 3.63) is 54.5 Å². The lowest BCUT2D eigenvalue weighted by Crippen LogP contribution is -2.13. The Morgan fingerprint density at radius 1 is 1.31 bits per heavy atom. The Bertz CT molecular complexity index is 544. The molecule has 84 valence electrons. The molecule has 2 heterocycles. The van der Waals surface area contributed by atoms with Crippen molar-refractivity contribution in [2.75, 3.05) is 0 Å². The highest BCUT2D eigenvalue weighted by Gasteiger charge is 2.06. The van der Waals surface area contributed by atoms with Gasteiger partial charge in [-0.05, 0) is 41.2 Å². The summed E-state index contributed by atoms with van der Waals surface area (Å²) in [6.07, 6.45) is 0. The highest BCUT2D eigenvalue weighted by Crippen LogP contribution is 2.24. The summed E-state index contributed by atoms with van der Waals surface area (Å²) in [5.41, 5.74) is 2.09. The summed E-state index contributed by atoms with van der Waals surface area (Å²) < 4.78 is 3.29. The Labute approximate surface area is 107 Å². The molecule has 0 aliphatic rings. The highest BCUT2D eigenvalue weighted by molar-refractivity contribution is 9.10. The number of aryl methyl sites for hydroxylation is 2. The van der Waals surface area contributed by atoms with Crippen LogP contribution in [0.3, 0.4) is 0 Å². The van der Waals surface area contributed by atoms with Crippen molar-refractivity contribution in [3.8, 4) is 0 Å². The second-order valence-electron chi connectivity index (χ2n) is 3.75. The van der Waals surface area contributed by atoms with Crippen LogP contribution < -0.4 is 5.43 Å². The van der Waals surface area contributed by atoms with E-state index in [-0.39, 0.29) is 5.43 Å². The van der Waals surface area contributed by atoms with Gasteiger partial charge in [-0.15, -0.1) is 11.3 Å². The molecule has 0 bridgehead atoms. The van der Waals surface area contributed by atoms with E-state index in [0.717, 1.165) is 22.4 Å². The quantitative estimate of drug-likeness (QED) is 0.833. The lowest BCUT2D eigenvalue weighted by atomic mass is 10.3. The summed E-state index contributed by atoms with van der Waals surface area (Å²) in [7, 11) is 0. The molecule has 2 rings (SSSR count). The zero-order valence-electron chi connectivity index (χ0n) is 9.16. The fourth-order valence-corrected chi connectivity index (χ4v) is 3.18. The molecule has 0 amide bonds. The second kappa shape index (κ2) is 4.55. The Balaban J connectivity index is 2.43. The number of halogens is 1. The van der Waals surface area contributed by atoms with Crippen LogP contribution in [-0.2, 0) is 6.54 Å². The van der Waals surface area contributed by atoms with Crippen LogP contribution in [0.2, 0.25) is 0 Å². The summed E-state index contributed by atoms with van der Waals surface area (Å²) >= 11 is 5.24.